The molecule has 8 heteroatoms. The molecule has 1 aromatic carbocycles. The van der Waals surface area contributed by atoms with E-state index in [1.165, 1.54) is 18.2 Å². The van der Waals surface area contributed by atoms with Gasteiger partial charge in [0, 0.05) is 22.8 Å². The number of carbonyl (C=O) groups is 1. The molecule has 0 aliphatic rings. The normalized spacial score (nSPS) is 11.6. The van der Waals surface area contributed by atoms with Gasteiger partial charge in [0.15, 0.2) is 11.6 Å². The van der Waals surface area contributed by atoms with Crippen LogP contribution in [-0.2, 0) is 0 Å². The van der Waals surface area contributed by atoms with Gasteiger partial charge in [-0.05, 0) is 19.1 Å². The third-order valence-corrected chi connectivity index (χ3v) is 3.82. The highest BCUT2D eigenvalue weighted by atomic mass is 35.5. The Hall–Kier alpha value is -2.49. The van der Waals surface area contributed by atoms with Crippen LogP contribution in [0, 0.1) is 11.3 Å². The lowest BCUT2D eigenvalue weighted by Gasteiger charge is -2.19. The van der Waals surface area contributed by atoms with Crippen LogP contribution in [0.2, 0.25) is 10.0 Å². The van der Waals surface area contributed by atoms with Crippen LogP contribution in [0.25, 0.3) is 0 Å². The Labute approximate surface area is 142 Å². The van der Waals surface area contributed by atoms with Gasteiger partial charge in [0.05, 0.1) is 16.1 Å². The summed E-state index contributed by atoms with van der Waals surface area (Å²) in [4.78, 5) is 14.8. The van der Waals surface area contributed by atoms with E-state index in [9.17, 15) is 4.79 Å². The second-order valence-electron chi connectivity index (χ2n) is 4.61. The van der Waals surface area contributed by atoms with Crippen LogP contribution in [0.3, 0.4) is 0 Å². The Morgan fingerprint density at radius 2 is 2.17 bits per heavy atom. The maximum atomic E-state index is 11.0. The fourth-order valence-electron chi connectivity index (χ4n) is 1.94. The number of carboxylic acids is 1. The zero-order chi connectivity index (χ0) is 17.1. The Bertz CT molecular complexity index is 818. The highest BCUT2D eigenvalue weighted by Gasteiger charge is 2.20. The number of anilines is 1. The smallest absolute Gasteiger partial charge is 0.337 e. The number of nitrogens with two attached hydrogens (primary N) is 1. The highest BCUT2D eigenvalue weighted by molar-refractivity contribution is 6.36. The van der Waals surface area contributed by atoms with Crippen molar-refractivity contribution in [1.82, 2.24) is 4.98 Å². The first-order chi connectivity index (χ1) is 10.8. The summed E-state index contributed by atoms with van der Waals surface area (Å²) in [6.07, 6.45) is 0.460. The fraction of sp³-hybridized carbons (Fsp3) is 0.133. The summed E-state index contributed by atoms with van der Waals surface area (Å²) in [6, 6.07) is 6.26. The van der Waals surface area contributed by atoms with Gasteiger partial charge in [-0.3, -0.25) is 0 Å². The first-order valence-electron chi connectivity index (χ1n) is 6.38. The molecule has 2 aromatic rings. The number of rotatable bonds is 4. The van der Waals surface area contributed by atoms with E-state index < -0.39 is 12.1 Å². The Morgan fingerprint density at radius 1 is 1.48 bits per heavy atom. The monoisotopic (exact) mass is 351 g/mol. The average Bonchev–Trinajstić information content (AvgIpc) is 2.49. The molecule has 0 aliphatic carbocycles. The zero-order valence-corrected chi connectivity index (χ0v) is 13.4. The van der Waals surface area contributed by atoms with Gasteiger partial charge in [-0.1, -0.05) is 23.2 Å². The maximum Gasteiger partial charge on any atom is 0.337 e. The van der Waals surface area contributed by atoms with Gasteiger partial charge < -0.3 is 15.6 Å². The number of nitriles is 1. The molecule has 1 unspecified atom stereocenters. The number of halogens is 2. The van der Waals surface area contributed by atoms with E-state index in [4.69, 9.17) is 44.0 Å². The molecule has 0 saturated heterocycles. The van der Waals surface area contributed by atoms with Crippen molar-refractivity contribution in [3.63, 3.8) is 0 Å². The number of hydrogen-bond donors (Lipinski definition) is 2. The molecule has 0 bridgehead atoms. The third kappa shape index (κ3) is 3.47. The largest absolute Gasteiger partial charge is 0.482 e. The molecule has 0 fully saturated rings. The number of pyridine rings is 1. The number of ether oxygens (including phenoxy) is 1. The third-order valence-electron chi connectivity index (χ3n) is 3.09. The van der Waals surface area contributed by atoms with Crippen LogP contribution >= 0.6 is 23.2 Å². The van der Waals surface area contributed by atoms with Crippen molar-refractivity contribution in [2.45, 2.75) is 13.0 Å². The second-order valence-corrected chi connectivity index (χ2v) is 5.39. The number of aromatic carboxylic acids is 1. The Balaban J connectivity index is 2.41. The Kier molecular flexibility index (Phi) is 4.94. The van der Waals surface area contributed by atoms with Gasteiger partial charge in [-0.15, -0.1) is 0 Å². The number of aromatic nitrogens is 1. The van der Waals surface area contributed by atoms with Crippen molar-refractivity contribution >= 4 is 35.0 Å². The standard InChI is InChI=1S/C15H11Cl2N3O3/c1-7(12-10(16)3-2-8(5-18)13(12)17)23-11-4-9(15(21)22)6-20-14(11)19/h2-4,6-7H,1H3,(H2,19,20)(H,21,22). The van der Waals surface area contributed by atoms with Crippen LogP contribution in [0.1, 0.15) is 34.5 Å². The van der Waals surface area contributed by atoms with Crippen molar-refractivity contribution in [3.05, 3.63) is 51.1 Å². The van der Waals surface area contributed by atoms with Crippen molar-refractivity contribution in [1.29, 1.82) is 5.26 Å². The van der Waals surface area contributed by atoms with Crippen LogP contribution in [-0.4, -0.2) is 16.1 Å². The summed E-state index contributed by atoms with van der Waals surface area (Å²) in [5.74, 6) is -1.03. The molecule has 0 spiro atoms. The molecule has 23 heavy (non-hydrogen) atoms. The van der Waals surface area contributed by atoms with Crippen LogP contribution in [0.15, 0.2) is 24.4 Å². The van der Waals surface area contributed by atoms with E-state index in [1.54, 1.807) is 6.92 Å². The van der Waals surface area contributed by atoms with Crippen LogP contribution in [0.5, 0.6) is 5.75 Å². The summed E-state index contributed by atoms with van der Waals surface area (Å²) in [5.41, 5.74) is 6.30. The predicted octanol–water partition coefficient (Wildman–Crippen LogP) is 3.68. The fourth-order valence-corrected chi connectivity index (χ4v) is 2.66. The van der Waals surface area contributed by atoms with E-state index in [-0.39, 0.29) is 27.7 Å². The molecule has 0 amide bonds. The van der Waals surface area contributed by atoms with E-state index in [0.29, 0.717) is 10.6 Å². The molecular formula is C15H11Cl2N3O3. The zero-order valence-electron chi connectivity index (χ0n) is 11.9. The molecule has 3 N–H and O–H groups in total. The molecule has 0 radical (unpaired) electrons. The van der Waals surface area contributed by atoms with Crippen molar-refractivity contribution < 1.29 is 14.6 Å². The lowest BCUT2D eigenvalue weighted by molar-refractivity contribution is 0.0695. The van der Waals surface area contributed by atoms with Crippen LogP contribution < -0.4 is 10.5 Å². The minimum absolute atomic E-state index is 0.0329. The number of hydrogen-bond acceptors (Lipinski definition) is 5. The second kappa shape index (κ2) is 6.73. The minimum atomic E-state index is -1.16. The first-order valence-corrected chi connectivity index (χ1v) is 7.14. The predicted molar refractivity (Wildman–Crippen MR) is 85.8 cm³/mol. The van der Waals surface area contributed by atoms with Gasteiger partial charge in [0.25, 0.3) is 0 Å². The van der Waals surface area contributed by atoms with Gasteiger partial charge in [0.2, 0.25) is 0 Å². The van der Waals surface area contributed by atoms with Crippen molar-refractivity contribution in [2.75, 3.05) is 5.73 Å². The van der Waals surface area contributed by atoms with E-state index in [2.05, 4.69) is 4.98 Å². The number of nitrogens with zero attached hydrogens (tertiary/aromatic N) is 2. The molecule has 118 valence electrons. The van der Waals surface area contributed by atoms with Gasteiger partial charge >= 0.3 is 5.97 Å². The molecule has 0 aliphatic heterocycles. The van der Waals surface area contributed by atoms with Crippen LogP contribution in [0.4, 0.5) is 5.82 Å². The minimum Gasteiger partial charge on any atom is -0.482 e. The SMILES string of the molecule is CC(Oc1cc(C(=O)O)cnc1N)c1c(Cl)ccc(C#N)c1Cl. The molecular weight excluding hydrogens is 341 g/mol. The molecule has 0 saturated carbocycles. The van der Waals surface area contributed by atoms with Gasteiger partial charge in [0.1, 0.15) is 12.2 Å². The summed E-state index contributed by atoms with van der Waals surface area (Å²) >= 11 is 12.3. The van der Waals surface area contributed by atoms with Crippen molar-refractivity contribution in [2.24, 2.45) is 0 Å². The molecule has 1 aromatic heterocycles. The highest BCUT2D eigenvalue weighted by Crippen LogP contribution is 2.36. The molecule has 6 nitrogen and oxygen atoms in total. The van der Waals surface area contributed by atoms with E-state index in [1.807, 2.05) is 6.07 Å². The quantitative estimate of drug-likeness (QED) is 0.869. The average molecular weight is 352 g/mol. The summed E-state index contributed by atoms with van der Waals surface area (Å²) in [7, 11) is 0. The number of carboxylic acid groups (broad SMARTS) is 1. The Morgan fingerprint density at radius 3 is 2.78 bits per heavy atom. The molecule has 2 rings (SSSR count). The maximum absolute atomic E-state index is 11.0. The summed E-state index contributed by atoms with van der Waals surface area (Å²) in [6.45, 7) is 1.65. The number of nitrogen functional groups attached to an aromatic ring is 1. The summed E-state index contributed by atoms with van der Waals surface area (Å²) < 4.78 is 5.65. The summed E-state index contributed by atoms with van der Waals surface area (Å²) in [5, 5.41) is 18.5. The first kappa shape index (κ1) is 16.9. The lowest BCUT2D eigenvalue weighted by atomic mass is 10.1. The van der Waals surface area contributed by atoms with Gasteiger partial charge in [-0.25, -0.2) is 9.78 Å². The number of benzene rings is 1. The van der Waals surface area contributed by atoms with Gasteiger partial charge in [-0.2, -0.15) is 5.26 Å². The van der Waals surface area contributed by atoms with E-state index >= 15 is 0 Å². The molecule has 1 atom stereocenters. The molecule has 1 heterocycles. The van der Waals surface area contributed by atoms with Crippen molar-refractivity contribution in [3.8, 4) is 11.8 Å². The van der Waals surface area contributed by atoms with E-state index in [0.717, 1.165) is 6.20 Å². The lowest BCUT2D eigenvalue weighted by Crippen LogP contribution is -2.09. The topological polar surface area (TPSA) is 109 Å².